The van der Waals surface area contributed by atoms with Gasteiger partial charge in [-0.25, -0.2) is 0 Å². The van der Waals surface area contributed by atoms with Crippen LogP contribution in [0.15, 0.2) is 59.7 Å². The average Bonchev–Trinajstić information content (AvgIpc) is 3.47. The predicted molar refractivity (Wildman–Crippen MR) is 128 cm³/mol. The molecule has 2 aliphatic carbocycles. The van der Waals surface area contributed by atoms with Gasteiger partial charge in [-0.15, -0.1) is 0 Å². The summed E-state index contributed by atoms with van der Waals surface area (Å²) in [6.45, 7) is 2.83. The van der Waals surface area contributed by atoms with Crippen LogP contribution in [0.5, 0.6) is 11.5 Å². The Bertz CT molecular complexity index is 1080. The second-order valence-corrected chi connectivity index (χ2v) is 9.43. The highest BCUT2D eigenvalue weighted by atomic mass is 127. The molecule has 1 saturated heterocycles. The number of carbonyl (C=O) groups excluding carboxylic acids is 2. The van der Waals surface area contributed by atoms with Crippen molar-refractivity contribution < 1.29 is 19.1 Å². The molecule has 1 aliphatic heterocycles. The third-order valence-electron chi connectivity index (χ3n) is 6.33. The van der Waals surface area contributed by atoms with E-state index in [4.69, 9.17) is 9.47 Å². The van der Waals surface area contributed by atoms with E-state index in [2.05, 4.69) is 39.8 Å². The Kier molecular flexibility index (Phi) is 5.75. The number of halogens is 1. The lowest BCUT2D eigenvalue weighted by Crippen LogP contribution is -2.28. The SMILES string of the molecule is CCOc1cc(/C=N\N2C(=O)[C@@H]3[C@H](C2=O)[C@H]2C=C[C@H]3C2)cc(I)c1OCc1ccccc1. The van der Waals surface area contributed by atoms with Gasteiger partial charge in [-0.2, -0.15) is 10.1 Å². The number of carbonyl (C=O) groups is 2. The van der Waals surface area contributed by atoms with Crippen molar-refractivity contribution in [3.63, 3.8) is 0 Å². The number of fused-ring (bicyclic) bond motifs is 5. The predicted octanol–water partition coefficient (Wildman–Crippen LogP) is 4.41. The van der Waals surface area contributed by atoms with Gasteiger partial charge in [0.25, 0.3) is 11.8 Å². The van der Waals surface area contributed by atoms with Crippen molar-refractivity contribution in [2.75, 3.05) is 6.61 Å². The van der Waals surface area contributed by atoms with Gasteiger partial charge in [-0.3, -0.25) is 9.59 Å². The van der Waals surface area contributed by atoms with Crippen LogP contribution in [0.3, 0.4) is 0 Å². The van der Waals surface area contributed by atoms with Crippen LogP contribution in [-0.2, 0) is 16.2 Å². The van der Waals surface area contributed by atoms with Crippen LogP contribution in [0.25, 0.3) is 0 Å². The second-order valence-electron chi connectivity index (χ2n) is 8.27. The summed E-state index contributed by atoms with van der Waals surface area (Å²) in [4.78, 5) is 25.7. The standard InChI is InChI=1S/C25H23IN2O4/c1-2-31-20-11-16(10-19(26)23(20)32-14-15-6-4-3-5-7-15)13-27-28-24(29)21-17-8-9-18(12-17)22(21)25(28)30/h3-11,13,17-18,21-22H,2,12,14H2,1H3/b27-13-/t17-,18-,21-,22+/m0/s1. The highest BCUT2D eigenvalue weighted by molar-refractivity contribution is 14.1. The molecule has 0 radical (unpaired) electrons. The summed E-state index contributed by atoms with van der Waals surface area (Å²) in [6.07, 6.45) is 6.62. The molecule has 3 aliphatic rings. The van der Waals surface area contributed by atoms with Crippen LogP contribution in [0.1, 0.15) is 24.5 Å². The Labute approximate surface area is 200 Å². The summed E-state index contributed by atoms with van der Waals surface area (Å²) in [6, 6.07) is 13.7. The summed E-state index contributed by atoms with van der Waals surface area (Å²) in [5.74, 6) is 0.756. The van der Waals surface area contributed by atoms with Gasteiger partial charge in [0.05, 0.1) is 28.2 Å². The molecule has 1 heterocycles. The van der Waals surface area contributed by atoms with Gasteiger partial charge in [0, 0.05) is 0 Å². The van der Waals surface area contributed by atoms with Crippen molar-refractivity contribution in [1.29, 1.82) is 0 Å². The zero-order chi connectivity index (χ0) is 22.2. The number of benzene rings is 2. The number of rotatable bonds is 7. The molecule has 5 rings (SSSR count). The lowest BCUT2D eigenvalue weighted by Gasteiger charge is -2.15. The highest BCUT2D eigenvalue weighted by Gasteiger charge is 2.59. The molecule has 2 fully saturated rings. The van der Waals surface area contributed by atoms with Crippen LogP contribution in [0, 0.1) is 27.2 Å². The van der Waals surface area contributed by atoms with Gasteiger partial charge in [-0.1, -0.05) is 42.5 Å². The van der Waals surface area contributed by atoms with E-state index in [0.717, 1.165) is 26.1 Å². The normalized spacial score (nSPS) is 25.8. The molecule has 7 heteroatoms. The van der Waals surface area contributed by atoms with Crippen LogP contribution >= 0.6 is 22.6 Å². The van der Waals surface area contributed by atoms with Gasteiger partial charge < -0.3 is 9.47 Å². The molecule has 0 aromatic heterocycles. The number of imide groups is 1. The minimum Gasteiger partial charge on any atom is -0.490 e. The van der Waals surface area contributed by atoms with Gasteiger partial charge >= 0.3 is 0 Å². The van der Waals surface area contributed by atoms with E-state index < -0.39 is 0 Å². The minimum absolute atomic E-state index is 0.174. The fourth-order valence-electron chi connectivity index (χ4n) is 4.92. The van der Waals surface area contributed by atoms with E-state index in [1.165, 1.54) is 0 Å². The Hall–Kier alpha value is -2.68. The van der Waals surface area contributed by atoms with Gasteiger partial charge in [0.15, 0.2) is 11.5 Å². The first kappa shape index (κ1) is 21.2. The molecule has 164 valence electrons. The zero-order valence-corrected chi connectivity index (χ0v) is 19.8. The third kappa shape index (κ3) is 3.72. The Morgan fingerprint density at radius 2 is 1.75 bits per heavy atom. The second kappa shape index (κ2) is 8.69. The molecular formula is C25H23IN2O4. The number of hydrogen-bond acceptors (Lipinski definition) is 5. The number of amides is 2. The quantitative estimate of drug-likeness (QED) is 0.225. The van der Waals surface area contributed by atoms with Crippen molar-refractivity contribution in [2.24, 2.45) is 28.8 Å². The Balaban J connectivity index is 1.35. The summed E-state index contributed by atoms with van der Waals surface area (Å²) >= 11 is 2.20. The molecule has 1 saturated carbocycles. The summed E-state index contributed by atoms with van der Waals surface area (Å²) in [7, 11) is 0. The molecule has 4 atom stereocenters. The maximum atomic E-state index is 12.8. The topological polar surface area (TPSA) is 68.2 Å². The Morgan fingerprint density at radius 3 is 2.41 bits per heavy atom. The van der Waals surface area contributed by atoms with Crippen molar-refractivity contribution >= 4 is 40.6 Å². The first-order valence-corrected chi connectivity index (χ1v) is 11.9. The van der Waals surface area contributed by atoms with Crippen LogP contribution in [0.4, 0.5) is 0 Å². The van der Waals surface area contributed by atoms with Crippen molar-refractivity contribution in [2.45, 2.75) is 20.0 Å². The highest BCUT2D eigenvalue weighted by Crippen LogP contribution is 2.52. The van der Waals surface area contributed by atoms with Gasteiger partial charge in [-0.05, 0) is 71.0 Å². The molecule has 2 bridgehead atoms. The monoisotopic (exact) mass is 542 g/mol. The zero-order valence-electron chi connectivity index (χ0n) is 17.6. The van der Waals surface area contributed by atoms with E-state index >= 15 is 0 Å². The lowest BCUT2D eigenvalue weighted by molar-refractivity contribution is -0.140. The molecule has 2 amide bonds. The van der Waals surface area contributed by atoms with Gasteiger partial charge in [0.1, 0.15) is 6.61 Å². The van der Waals surface area contributed by atoms with Crippen LogP contribution < -0.4 is 9.47 Å². The lowest BCUT2D eigenvalue weighted by atomic mass is 9.85. The first-order chi connectivity index (χ1) is 15.6. The number of hydrazone groups is 1. The van der Waals surface area contributed by atoms with Crippen LogP contribution in [-0.4, -0.2) is 29.6 Å². The number of nitrogens with zero attached hydrogens (tertiary/aromatic N) is 2. The number of ether oxygens (including phenoxy) is 2. The average molecular weight is 542 g/mol. The fourth-order valence-corrected chi connectivity index (χ4v) is 5.70. The largest absolute Gasteiger partial charge is 0.490 e. The van der Waals surface area contributed by atoms with Crippen molar-refractivity contribution in [1.82, 2.24) is 5.01 Å². The molecule has 0 N–H and O–H groups in total. The van der Waals surface area contributed by atoms with E-state index in [1.54, 1.807) is 6.21 Å². The summed E-state index contributed by atoms with van der Waals surface area (Å²) in [5, 5.41) is 5.35. The van der Waals surface area contributed by atoms with E-state index in [-0.39, 0.29) is 35.5 Å². The molecular weight excluding hydrogens is 519 g/mol. The molecule has 6 nitrogen and oxygen atoms in total. The molecule has 32 heavy (non-hydrogen) atoms. The molecule has 2 aromatic rings. The van der Waals surface area contributed by atoms with Crippen molar-refractivity contribution in [3.05, 3.63) is 69.3 Å². The third-order valence-corrected chi connectivity index (χ3v) is 7.13. The summed E-state index contributed by atoms with van der Waals surface area (Å²) in [5.41, 5.74) is 1.81. The smallest absolute Gasteiger partial charge is 0.254 e. The maximum Gasteiger partial charge on any atom is 0.254 e. The molecule has 0 spiro atoms. The van der Waals surface area contributed by atoms with E-state index in [1.807, 2.05) is 49.4 Å². The first-order valence-electron chi connectivity index (χ1n) is 10.8. The number of hydrogen-bond donors (Lipinski definition) is 0. The van der Waals surface area contributed by atoms with Crippen LogP contribution in [0.2, 0.25) is 0 Å². The van der Waals surface area contributed by atoms with E-state index in [0.29, 0.717) is 24.7 Å². The molecule has 2 aromatic carbocycles. The maximum absolute atomic E-state index is 12.8. The van der Waals surface area contributed by atoms with E-state index in [9.17, 15) is 9.59 Å². The number of allylic oxidation sites excluding steroid dienone is 2. The fraction of sp³-hybridized carbons (Fsp3) is 0.320. The summed E-state index contributed by atoms with van der Waals surface area (Å²) < 4.78 is 12.7. The molecule has 0 unspecified atom stereocenters. The van der Waals surface area contributed by atoms with Crippen molar-refractivity contribution in [3.8, 4) is 11.5 Å². The Morgan fingerprint density at radius 1 is 1.06 bits per heavy atom. The van der Waals surface area contributed by atoms with Gasteiger partial charge in [0.2, 0.25) is 0 Å². The minimum atomic E-state index is -0.248.